The van der Waals surface area contributed by atoms with Gasteiger partial charge in [-0.2, -0.15) is 0 Å². The van der Waals surface area contributed by atoms with Crippen LogP contribution < -0.4 is 5.32 Å². The summed E-state index contributed by atoms with van der Waals surface area (Å²) in [5.74, 6) is 0. The van der Waals surface area contributed by atoms with Gasteiger partial charge >= 0.3 is 6.09 Å². The van der Waals surface area contributed by atoms with Gasteiger partial charge < -0.3 is 15.2 Å². The average Bonchev–Trinajstić information content (AvgIpc) is 2.80. The van der Waals surface area contributed by atoms with Crippen LogP contribution in [0.5, 0.6) is 0 Å². The van der Waals surface area contributed by atoms with E-state index in [-0.39, 0.29) is 24.7 Å². The van der Waals surface area contributed by atoms with Gasteiger partial charge in [-0.15, -0.1) is 0 Å². The lowest BCUT2D eigenvalue weighted by Gasteiger charge is -2.29. The van der Waals surface area contributed by atoms with Crippen LogP contribution >= 0.6 is 0 Å². The van der Waals surface area contributed by atoms with Crippen molar-refractivity contribution in [1.82, 2.24) is 5.32 Å². The van der Waals surface area contributed by atoms with Crippen molar-refractivity contribution in [2.45, 2.75) is 38.8 Å². The number of aliphatic hydroxyl groups excluding tert-OH is 1. The molecule has 4 heteroatoms. The number of rotatable bonds is 4. The predicted octanol–water partition coefficient (Wildman–Crippen LogP) is 2.46. The third kappa shape index (κ3) is 3.47. The minimum atomic E-state index is -0.407. The van der Waals surface area contributed by atoms with Gasteiger partial charge in [0, 0.05) is 11.5 Å². The second kappa shape index (κ2) is 6.06. The number of carbonyl (C=O) groups excluding carboxylic acids is 1. The van der Waals surface area contributed by atoms with Crippen LogP contribution in [-0.4, -0.2) is 23.8 Å². The maximum absolute atomic E-state index is 11.8. The molecule has 1 aliphatic carbocycles. The molecule has 1 amide bonds. The Labute approximate surface area is 113 Å². The van der Waals surface area contributed by atoms with Crippen molar-refractivity contribution in [3.63, 3.8) is 0 Å². The SMILES string of the molecule is CC1(CO)CCCC1NC(=O)OCc1ccccc1. The van der Waals surface area contributed by atoms with E-state index < -0.39 is 6.09 Å². The highest BCUT2D eigenvalue weighted by Gasteiger charge is 2.39. The third-order valence-corrected chi connectivity index (χ3v) is 3.95. The van der Waals surface area contributed by atoms with Crippen molar-refractivity contribution in [1.29, 1.82) is 0 Å². The first-order valence-electron chi connectivity index (χ1n) is 6.72. The summed E-state index contributed by atoms with van der Waals surface area (Å²) < 4.78 is 5.20. The molecule has 1 fully saturated rings. The van der Waals surface area contributed by atoms with Crippen LogP contribution in [-0.2, 0) is 11.3 Å². The molecule has 1 aromatic carbocycles. The van der Waals surface area contributed by atoms with Crippen LogP contribution in [0.4, 0.5) is 4.79 Å². The summed E-state index contributed by atoms with van der Waals surface area (Å²) in [5, 5.41) is 12.3. The van der Waals surface area contributed by atoms with Gasteiger partial charge in [-0.25, -0.2) is 4.79 Å². The molecule has 0 saturated heterocycles. The second-order valence-corrected chi connectivity index (χ2v) is 5.46. The highest BCUT2D eigenvalue weighted by atomic mass is 16.5. The largest absolute Gasteiger partial charge is 0.445 e. The molecule has 0 aromatic heterocycles. The molecule has 2 rings (SSSR count). The Kier molecular flexibility index (Phi) is 4.43. The number of hydrogen-bond donors (Lipinski definition) is 2. The first-order valence-corrected chi connectivity index (χ1v) is 6.72. The molecule has 1 aliphatic rings. The first kappa shape index (κ1) is 13.9. The maximum atomic E-state index is 11.8. The average molecular weight is 263 g/mol. The van der Waals surface area contributed by atoms with Gasteiger partial charge in [-0.1, -0.05) is 43.7 Å². The fourth-order valence-corrected chi connectivity index (χ4v) is 2.58. The van der Waals surface area contributed by atoms with E-state index in [1.54, 1.807) is 0 Å². The van der Waals surface area contributed by atoms with Crippen LogP contribution in [0, 0.1) is 5.41 Å². The van der Waals surface area contributed by atoms with E-state index in [1.165, 1.54) is 0 Å². The summed E-state index contributed by atoms with van der Waals surface area (Å²) in [6, 6.07) is 9.59. The highest BCUT2D eigenvalue weighted by Crippen LogP contribution is 2.37. The lowest BCUT2D eigenvalue weighted by Crippen LogP contribution is -2.44. The molecular weight excluding hydrogens is 242 g/mol. The molecular formula is C15H21NO3. The van der Waals surface area contributed by atoms with Crippen molar-refractivity contribution in [3.8, 4) is 0 Å². The van der Waals surface area contributed by atoms with Crippen molar-refractivity contribution in [3.05, 3.63) is 35.9 Å². The number of nitrogens with one attached hydrogen (secondary N) is 1. The summed E-state index contributed by atoms with van der Waals surface area (Å²) in [7, 11) is 0. The molecule has 2 unspecified atom stereocenters. The Balaban J connectivity index is 1.81. The lowest BCUT2D eigenvalue weighted by atomic mass is 9.86. The topological polar surface area (TPSA) is 58.6 Å². The third-order valence-electron chi connectivity index (χ3n) is 3.95. The normalized spacial score (nSPS) is 26.1. The van der Waals surface area contributed by atoms with Gasteiger partial charge in [0.15, 0.2) is 0 Å². The van der Waals surface area contributed by atoms with Crippen molar-refractivity contribution >= 4 is 6.09 Å². The monoisotopic (exact) mass is 263 g/mol. The van der Waals surface area contributed by atoms with Gasteiger partial charge in [0.1, 0.15) is 6.61 Å². The number of aliphatic hydroxyl groups is 1. The molecule has 0 heterocycles. The van der Waals surface area contributed by atoms with Crippen LogP contribution in [0.15, 0.2) is 30.3 Å². The van der Waals surface area contributed by atoms with Gasteiger partial charge in [0.2, 0.25) is 0 Å². The van der Waals surface area contributed by atoms with Crippen LogP contribution in [0.1, 0.15) is 31.7 Å². The quantitative estimate of drug-likeness (QED) is 0.877. The number of ether oxygens (including phenoxy) is 1. The minimum absolute atomic E-state index is 0.000716. The number of hydrogen-bond acceptors (Lipinski definition) is 3. The van der Waals surface area contributed by atoms with E-state index in [2.05, 4.69) is 5.32 Å². The van der Waals surface area contributed by atoms with E-state index in [9.17, 15) is 9.90 Å². The molecule has 1 saturated carbocycles. The Hall–Kier alpha value is -1.55. The maximum Gasteiger partial charge on any atom is 0.407 e. The molecule has 0 bridgehead atoms. The molecule has 2 N–H and O–H groups in total. The van der Waals surface area contributed by atoms with Gasteiger partial charge in [0.05, 0.1) is 6.61 Å². The second-order valence-electron chi connectivity index (χ2n) is 5.46. The zero-order valence-electron chi connectivity index (χ0n) is 11.3. The number of benzene rings is 1. The van der Waals surface area contributed by atoms with Crippen LogP contribution in [0.2, 0.25) is 0 Å². The lowest BCUT2D eigenvalue weighted by molar-refractivity contribution is 0.0992. The summed E-state index contributed by atoms with van der Waals surface area (Å²) >= 11 is 0. The fourth-order valence-electron chi connectivity index (χ4n) is 2.58. The highest BCUT2D eigenvalue weighted by molar-refractivity contribution is 5.67. The van der Waals surface area contributed by atoms with E-state index >= 15 is 0 Å². The number of carbonyl (C=O) groups is 1. The molecule has 1 aromatic rings. The van der Waals surface area contributed by atoms with Crippen LogP contribution in [0.3, 0.4) is 0 Å². The Morgan fingerprint density at radius 1 is 1.47 bits per heavy atom. The standard InChI is InChI=1S/C15H21NO3/c1-15(11-17)9-5-8-13(15)16-14(18)19-10-12-6-3-2-4-7-12/h2-4,6-7,13,17H,5,8-11H2,1H3,(H,16,18). The minimum Gasteiger partial charge on any atom is -0.445 e. The zero-order chi connectivity index (χ0) is 13.7. The zero-order valence-corrected chi connectivity index (χ0v) is 11.3. The molecule has 104 valence electrons. The van der Waals surface area contributed by atoms with E-state index in [0.717, 1.165) is 24.8 Å². The first-order chi connectivity index (χ1) is 9.14. The number of alkyl carbamates (subject to hydrolysis) is 1. The van der Waals surface area contributed by atoms with Gasteiger partial charge in [-0.05, 0) is 18.4 Å². The molecule has 2 atom stereocenters. The fraction of sp³-hybridized carbons (Fsp3) is 0.533. The van der Waals surface area contributed by atoms with Crippen molar-refractivity contribution in [2.75, 3.05) is 6.61 Å². The van der Waals surface area contributed by atoms with E-state index in [1.807, 2.05) is 37.3 Å². The van der Waals surface area contributed by atoms with E-state index in [0.29, 0.717) is 0 Å². The summed E-state index contributed by atoms with van der Waals surface area (Å²) in [6.45, 7) is 2.37. The summed E-state index contributed by atoms with van der Waals surface area (Å²) in [4.78, 5) is 11.8. The smallest absolute Gasteiger partial charge is 0.407 e. The molecule has 19 heavy (non-hydrogen) atoms. The summed E-state index contributed by atoms with van der Waals surface area (Å²) in [6.07, 6.45) is 2.46. The molecule has 0 spiro atoms. The van der Waals surface area contributed by atoms with Crippen LogP contribution in [0.25, 0.3) is 0 Å². The summed E-state index contributed by atoms with van der Waals surface area (Å²) in [5.41, 5.74) is 0.750. The van der Waals surface area contributed by atoms with E-state index in [4.69, 9.17) is 4.74 Å². The molecule has 0 aliphatic heterocycles. The van der Waals surface area contributed by atoms with Gasteiger partial charge in [0.25, 0.3) is 0 Å². The molecule has 0 radical (unpaired) electrons. The Morgan fingerprint density at radius 3 is 2.89 bits per heavy atom. The van der Waals surface area contributed by atoms with Crippen molar-refractivity contribution < 1.29 is 14.6 Å². The molecule has 4 nitrogen and oxygen atoms in total. The van der Waals surface area contributed by atoms with Gasteiger partial charge in [-0.3, -0.25) is 0 Å². The Morgan fingerprint density at radius 2 is 2.21 bits per heavy atom. The number of amides is 1. The predicted molar refractivity (Wildman–Crippen MR) is 72.6 cm³/mol. The Bertz CT molecular complexity index is 421. The van der Waals surface area contributed by atoms with Crippen molar-refractivity contribution in [2.24, 2.45) is 5.41 Å².